The number of nitrogens with one attached hydrogen (secondary N) is 2. The Balaban J connectivity index is 1.33. The van der Waals surface area contributed by atoms with Crippen molar-refractivity contribution in [2.24, 2.45) is 5.41 Å². The number of carbonyl (C=O) groups excluding carboxylic acids is 2. The predicted molar refractivity (Wildman–Crippen MR) is 111 cm³/mol. The molecule has 3 aromatic rings. The normalized spacial score (nSPS) is 15.0. The number of benzene rings is 2. The summed E-state index contributed by atoms with van der Waals surface area (Å²) in [5.41, 5.74) is 7.00. The highest BCUT2D eigenvalue weighted by Crippen LogP contribution is 2.37. The summed E-state index contributed by atoms with van der Waals surface area (Å²) in [7, 11) is 0. The molecule has 2 aromatic carbocycles. The zero-order valence-electron chi connectivity index (χ0n) is 16.8. The fourth-order valence-electron chi connectivity index (χ4n) is 3.66. The number of tetrazole rings is 1. The summed E-state index contributed by atoms with van der Waals surface area (Å²) in [6.45, 7) is 2.38. The summed E-state index contributed by atoms with van der Waals surface area (Å²) >= 11 is 0. The zero-order valence-corrected chi connectivity index (χ0v) is 16.8. The van der Waals surface area contributed by atoms with Crippen molar-refractivity contribution in [1.29, 1.82) is 0 Å². The van der Waals surface area contributed by atoms with Crippen molar-refractivity contribution in [3.63, 3.8) is 0 Å². The van der Waals surface area contributed by atoms with Crippen molar-refractivity contribution < 1.29 is 9.59 Å². The van der Waals surface area contributed by atoms with Gasteiger partial charge >= 0.3 is 0 Å². The summed E-state index contributed by atoms with van der Waals surface area (Å²) in [5.74, 6) is 0.0940. The average molecular weight is 404 g/mol. The van der Waals surface area contributed by atoms with Gasteiger partial charge in [-0.05, 0) is 35.8 Å². The van der Waals surface area contributed by atoms with E-state index in [1.807, 2.05) is 49.4 Å². The van der Waals surface area contributed by atoms with Crippen molar-refractivity contribution in [1.82, 2.24) is 31.1 Å². The molecule has 2 amide bonds. The Morgan fingerprint density at radius 1 is 1.00 bits per heavy atom. The maximum atomic E-state index is 12.3. The Bertz CT molecular complexity index is 1020. The molecule has 0 aliphatic heterocycles. The molecular formula is C22H24N6O2. The lowest BCUT2D eigenvalue weighted by molar-refractivity contribution is -0.130. The molecular weight excluding hydrogens is 380 g/mol. The first-order valence-electron chi connectivity index (χ1n) is 10.1. The van der Waals surface area contributed by atoms with Gasteiger partial charge in [0, 0.05) is 16.5 Å². The molecule has 1 aliphatic rings. The van der Waals surface area contributed by atoms with Crippen LogP contribution in [0.15, 0.2) is 54.6 Å². The van der Waals surface area contributed by atoms with Gasteiger partial charge in [0.05, 0.1) is 6.54 Å². The number of amides is 2. The van der Waals surface area contributed by atoms with Gasteiger partial charge < -0.3 is 0 Å². The summed E-state index contributed by atoms with van der Waals surface area (Å²) in [4.78, 5) is 26.2. The molecule has 30 heavy (non-hydrogen) atoms. The van der Waals surface area contributed by atoms with E-state index in [0.29, 0.717) is 17.9 Å². The summed E-state index contributed by atoms with van der Waals surface area (Å²) in [6, 6.07) is 16.7. The van der Waals surface area contributed by atoms with Gasteiger partial charge in [-0.25, -0.2) is 0 Å². The van der Waals surface area contributed by atoms with Crippen molar-refractivity contribution in [2.45, 2.75) is 39.2 Å². The molecule has 8 heteroatoms. The van der Waals surface area contributed by atoms with Gasteiger partial charge in [-0.3, -0.25) is 20.4 Å². The van der Waals surface area contributed by atoms with E-state index in [9.17, 15) is 9.59 Å². The van der Waals surface area contributed by atoms with Crippen LogP contribution in [0.5, 0.6) is 0 Å². The van der Waals surface area contributed by atoms with E-state index < -0.39 is 0 Å². The van der Waals surface area contributed by atoms with Crippen molar-refractivity contribution in [3.8, 4) is 11.4 Å². The maximum absolute atomic E-state index is 12.3. The number of rotatable bonds is 5. The molecule has 2 N–H and O–H groups in total. The van der Waals surface area contributed by atoms with Crippen LogP contribution in [-0.4, -0.2) is 32.0 Å². The minimum absolute atomic E-state index is 0.128. The van der Waals surface area contributed by atoms with Crippen LogP contribution in [0.25, 0.3) is 11.4 Å². The lowest BCUT2D eigenvalue weighted by Gasteiger charge is -2.22. The van der Waals surface area contributed by atoms with E-state index >= 15 is 0 Å². The van der Waals surface area contributed by atoms with Crippen LogP contribution in [0, 0.1) is 5.41 Å². The maximum Gasteiger partial charge on any atom is 0.269 e. The molecule has 1 fully saturated rings. The minimum Gasteiger partial charge on any atom is -0.273 e. The summed E-state index contributed by atoms with van der Waals surface area (Å²) in [6.07, 6.45) is 3.80. The Labute approximate surface area is 174 Å². The number of hydrazine groups is 1. The second kappa shape index (κ2) is 8.44. The predicted octanol–water partition coefficient (Wildman–Crippen LogP) is 2.73. The lowest BCUT2D eigenvalue weighted by Crippen LogP contribution is -2.47. The Morgan fingerprint density at radius 2 is 1.70 bits per heavy atom. The van der Waals surface area contributed by atoms with Crippen LogP contribution < -0.4 is 10.9 Å². The van der Waals surface area contributed by atoms with E-state index in [4.69, 9.17) is 0 Å². The largest absolute Gasteiger partial charge is 0.273 e. The third kappa shape index (κ3) is 4.37. The van der Waals surface area contributed by atoms with Gasteiger partial charge in [-0.15, -0.1) is 10.2 Å². The Kier molecular flexibility index (Phi) is 5.56. The zero-order chi connectivity index (χ0) is 21.0. The van der Waals surface area contributed by atoms with Gasteiger partial charge in [0.1, 0.15) is 0 Å². The topological polar surface area (TPSA) is 102 Å². The second-order valence-corrected chi connectivity index (χ2v) is 7.88. The van der Waals surface area contributed by atoms with E-state index in [1.165, 1.54) is 4.80 Å². The SMILES string of the molecule is CC1(C(=O)NNC(=O)c2ccc(Cn3nnc(-c4ccccc4)n3)cc2)CCCC1. The third-order valence-corrected chi connectivity index (χ3v) is 5.57. The van der Waals surface area contributed by atoms with Crippen LogP contribution in [0.3, 0.4) is 0 Å². The highest BCUT2D eigenvalue weighted by Gasteiger charge is 2.36. The lowest BCUT2D eigenvalue weighted by atomic mass is 9.88. The minimum atomic E-state index is -0.388. The summed E-state index contributed by atoms with van der Waals surface area (Å²) in [5, 5.41) is 12.6. The first kappa shape index (κ1) is 19.8. The van der Waals surface area contributed by atoms with Gasteiger partial charge in [0.15, 0.2) is 0 Å². The van der Waals surface area contributed by atoms with Crippen LogP contribution in [-0.2, 0) is 11.3 Å². The van der Waals surface area contributed by atoms with E-state index in [0.717, 1.165) is 36.8 Å². The molecule has 1 saturated carbocycles. The van der Waals surface area contributed by atoms with Gasteiger partial charge in [0.25, 0.3) is 5.91 Å². The van der Waals surface area contributed by atoms with Crippen LogP contribution in [0.1, 0.15) is 48.5 Å². The molecule has 0 saturated heterocycles. The molecule has 0 unspecified atom stereocenters. The molecule has 1 heterocycles. The van der Waals surface area contributed by atoms with Crippen LogP contribution in [0.4, 0.5) is 0 Å². The molecule has 4 rings (SSSR count). The van der Waals surface area contributed by atoms with Crippen LogP contribution in [0.2, 0.25) is 0 Å². The monoisotopic (exact) mass is 404 g/mol. The van der Waals surface area contributed by atoms with Crippen molar-refractivity contribution >= 4 is 11.8 Å². The Hall–Kier alpha value is -3.55. The van der Waals surface area contributed by atoms with E-state index in [-0.39, 0.29) is 17.2 Å². The summed E-state index contributed by atoms with van der Waals surface area (Å²) < 4.78 is 0. The van der Waals surface area contributed by atoms with Crippen molar-refractivity contribution in [3.05, 3.63) is 65.7 Å². The smallest absolute Gasteiger partial charge is 0.269 e. The van der Waals surface area contributed by atoms with E-state index in [2.05, 4.69) is 26.3 Å². The first-order chi connectivity index (χ1) is 14.5. The highest BCUT2D eigenvalue weighted by atomic mass is 16.2. The molecule has 0 bridgehead atoms. The first-order valence-corrected chi connectivity index (χ1v) is 10.1. The van der Waals surface area contributed by atoms with Crippen molar-refractivity contribution in [2.75, 3.05) is 0 Å². The van der Waals surface area contributed by atoms with E-state index in [1.54, 1.807) is 12.1 Å². The van der Waals surface area contributed by atoms with Crippen LogP contribution >= 0.6 is 0 Å². The van der Waals surface area contributed by atoms with Gasteiger partial charge in [-0.1, -0.05) is 62.2 Å². The highest BCUT2D eigenvalue weighted by molar-refractivity contribution is 5.95. The number of aromatic nitrogens is 4. The molecule has 0 atom stereocenters. The Morgan fingerprint density at radius 3 is 2.40 bits per heavy atom. The fraction of sp³-hybridized carbons (Fsp3) is 0.318. The standard InChI is InChI=1S/C22H24N6O2/c1-22(13-5-6-14-22)21(30)25-24-20(29)18-11-9-16(10-12-18)15-28-26-19(23-27-28)17-7-3-2-4-8-17/h2-4,7-12H,5-6,13-15H2,1H3,(H,24,29)(H,25,30). The molecule has 0 spiro atoms. The third-order valence-electron chi connectivity index (χ3n) is 5.57. The second-order valence-electron chi connectivity index (χ2n) is 7.88. The van der Waals surface area contributed by atoms with Gasteiger partial charge in [0.2, 0.25) is 11.7 Å². The number of hydrogen-bond donors (Lipinski definition) is 2. The van der Waals surface area contributed by atoms with Gasteiger partial charge in [-0.2, -0.15) is 4.80 Å². The molecule has 1 aromatic heterocycles. The molecule has 1 aliphatic carbocycles. The molecule has 0 radical (unpaired) electrons. The molecule has 154 valence electrons. The molecule has 8 nitrogen and oxygen atoms in total. The fourth-order valence-corrected chi connectivity index (χ4v) is 3.66. The number of hydrogen-bond acceptors (Lipinski definition) is 5. The average Bonchev–Trinajstić information content (AvgIpc) is 3.43. The number of nitrogens with zero attached hydrogens (tertiary/aromatic N) is 4. The quantitative estimate of drug-likeness (QED) is 0.637. The number of carbonyl (C=O) groups is 2.